The van der Waals surface area contributed by atoms with E-state index in [4.69, 9.17) is 10.5 Å². The summed E-state index contributed by atoms with van der Waals surface area (Å²) in [6.45, 7) is 4.12. The maximum absolute atomic E-state index is 12.3. The van der Waals surface area contributed by atoms with Crippen LogP contribution in [0.4, 0.5) is 5.69 Å². The molecule has 0 radical (unpaired) electrons. The van der Waals surface area contributed by atoms with Gasteiger partial charge in [0.2, 0.25) is 10.0 Å². The predicted octanol–water partition coefficient (Wildman–Crippen LogP) is 0.376. The van der Waals surface area contributed by atoms with Crippen molar-refractivity contribution in [2.24, 2.45) is 0 Å². The van der Waals surface area contributed by atoms with E-state index < -0.39 is 25.9 Å². The van der Waals surface area contributed by atoms with Crippen molar-refractivity contribution >= 4 is 25.5 Å². The molecule has 3 N–H and O–H groups in total. The fourth-order valence-electron chi connectivity index (χ4n) is 1.64. The SMILES string of the molecule is CCOCC(C)NS(=O)(=O)c1cc(S(C)(=O)=O)ccc1N. The van der Waals surface area contributed by atoms with Gasteiger partial charge in [0.15, 0.2) is 9.84 Å². The van der Waals surface area contributed by atoms with Gasteiger partial charge in [0.1, 0.15) is 4.90 Å². The lowest BCUT2D eigenvalue weighted by molar-refractivity contribution is 0.133. The number of hydrogen-bond donors (Lipinski definition) is 2. The van der Waals surface area contributed by atoms with Gasteiger partial charge in [-0.3, -0.25) is 0 Å². The summed E-state index contributed by atoms with van der Waals surface area (Å²) in [4.78, 5) is -0.358. The van der Waals surface area contributed by atoms with Crippen LogP contribution in [0.15, 0.2) is 28.0 Å². The Labute approximate surface area is 125 Å². The number of benzene rings is 1. The minimum absolute atomic E-state index is 0.0153. The summed E-state index contributed by atoms with van der Waals surface area (Å²) in [7, 11) is -7.44. The van der Waals surface area contributed by atoms with Gasteiger partial charge in [0.25, 0.3) is 0 Å². The van der Waals surface area contributed by atoms with Crippen LogP contribution in [-0.4, -0.2) is 42.3 Å². The Morgan fingerprint density at radius 2 is 1.90 bits per heavy atom. The van der Waals surface area contributed by atoms with Gasteiger partial charge >= 0.3 is 0 Å². The molecule has 1 aromatic carbocycles. The van der Waals surface area contributed by atoms with Crippen molar-refractivity contribution in [3.8, 4) is 0 Å². The first-order chi connectivity index (χ1) is 9.58. The Hall–Kier alpha value is -1.16. The van der Waals surface area contributed by atoms with Crippen LogP contribution in [0.1, 0.15) is 13.8 Å². The predicted molar refractivity (Wildman–Crippen MR) is 80.2 cm³/mol. The van der Waals surface area contributed by atoms with E-state index in [0.29, 0.717) is 6.61 Å². The van der Waals surface area contributed by atoms with E-state index in [1.807, 2.05) is 0 Å². The highest BCUT2D eigenvalue weighted by Gasteiger charge is 2.22. The first-order valence-electron chi connectivity index (χ1n) is 6.27. The van der Waals surface area contributed by atoms with E-state index in [0.717, 1.165) is 12.3 Å². The van der Waals surface area contributed by atoms with Gasteiger partial charge in [0, 0.05) is 18.9 Å². The lowest BCUT2D eigenvalue weighted by Crippen LogP contribution is -2.36. The zero-order chi connectivity index (χ0) is 16.3. The van der Waals surface area contributed by atoms with E-state index in [1.54, 1.807) is 13.8 Å². The summed E-state index contributed by atoms with van der Waals surface area (Å²) in [6.07, 6.45) is 1.00. The molecule has 0 bridgehead atoms. The smallest absolute Gasteiger partial charge is 0.242 e. The molecular formula is C12H20N2O5S2. The molecule has 7 nitrogen and oxygen atoms in total. The number of nitrogens with one attached hydrogen (secondary N) is 1. The first-order valence-corrected chi connectivity index (χ1v) is 9.65. The van der Waals surface area contributed by atoms with E-state index in [9.17, 15) is 16.8 Å². The molecule has 1 unspecified atom stereocenters. The second-order valence-corrected chi connectivity index (χ2v) is 8.35. The highest BCUT2D eigenvalue weighted by atomic mass is 32.2. The van der Waals surface area contributed by atoms with Crippen molar-refractivity contribution < 1.29 is 21.6 Å². The molecule has 21 heavy (non-hydrogen) atoms. The Kier molecular flexibility index (Phi) is 5.74. The zero-order valence-electron chi connectivity index (χ0n) is 12.2. The number of nitrogens with two attached hydrogens (primary N) is 1. The quantitative estimate of drug-likeness (QED) is 0.695. The summed E-state index contributed by atoms with van der Waals surface area (Å²) in [5.74, 6) is 0. The molecule has 9 heteroatoms. The van der Waals surface area contributed by atoms with Gasteiger partial charge in [-0.05, 0) is 32.0 Å². The summed E-state index contributed by atoms with van der Waals surface area (Å²) >= 11 is 0. The van der Waals surface area contributed by atoms with Crippen molar-refractivity contribution in [1.82, 2.24) is 4.72 Å². The Balaban J connectivity index is 3.14. The molecule has 0 fully saturated rings. The van der Waals surface area contributed by atoms with Gasteiger partial charge in [0.05, 0.1) is 17.2 Å². The van der Waals surface area contributed by atoms with Crippen LogP contribution >= 0.6 is 0 Å². The maximum Gasteiger partial charge on any atom is 0.242 e. The van der Waals surface area contributed by atoms with Crippen molar-refractivity contribution in [2.75, 3.05) is 25.2 Å². The Bertz CT molecular complexity index is 698. The second kappa shape index (κ2) is 6.73. The molecule has 0 amide bonds. The molecule has 0 aliphatic carbocycles. The number of sulfonamides is 1. The van der Waals surface area contributed by atoms with E-state index in [1.165, 1.54) is 12.1 Å². The van der Waals surface area contributed by atoms with E-state index in [2.05, 4.69) is 4.72 Å². The minimum atomic E-state index is -3.92. The molecule has 0 heterocycles. The fourth-order valence-corrected chi connectivity index (χ4v) is 3.74. The van der Waals surface area contributed by atoms with Crippen LogP contribution < -0.4 is 10.5 Å². The molecule has 1 atom stereocenters. The van der Waals surface area contributed by atoms with Crippen molar-refractivity contribution in [2.45, 2.75) is 29.7 Å². The maximum atomic E-state index is 12.3. The normalized spacial score (nSPS) is 14.0. The van der Waals surface area contributed by atoms with Crippen molar-refractivity contribution in [3.05, 3.63) is 18.2 Å². The average Bonchev–Trinajstić information content (AvgIpc) is 2.34. The molecule has 0 aliphatic rings. The van der Waals surface area contributed by atoms with Crippen LogP contribution in [0.5, 0.6) is 0 Å². The van der Waals surface area contributed by atoms with E-state index >= 15 is 0 Å². The molecule has 0 aromatic heterocycles. The van der Waals surface area contributed by atoms with Crippen molar-refractivity contribution in [3.63, 3.8) is 0 Å². The summed E-state index contributed by atoms with van der Waals surface area (Å²) < 4.78 is 55.1. The lowest BCUT2D eigenvalue weighted by atomic mass is 10.3. The second-order valence-electron chi connectivity index (χ2n) is 4.65. The number of sulfone groups is 1. The van der Waals surface area contributed by atoms with Crippen LogP contribution in [0.25, 0.3) is 0 Å². The molecule has 1 aromatic rings. The molecule has 120 valence electrons. The van der Waals surface area contributed by atoms with Crippen LogP contribution in [0.3, 0.4) is 0 Å². The summed E-state index contributed by atoms with van der Waals surface area (Å²) in [5, 5.41) is 0. The molecule has 0 saturated heterocycles. The minimum Gasteiger partial charge on any atom is -0.398 e. The Morgan fingerprint density at radius 3 is 2.43 bits per heavy atom. The number of ether oxygens (including phenoxy) is 1. The topological polar surface area (TPSA) is 116 Å². The fraction of sp³-hybridized carbons (Fsp3) is 0.500. The van der Waals surface area contributed by atoms with Crippen LogP contribution in [-0.2, 0) is 24.6 Å². The third-order valence-corrected chi connectivity index (χ3v) is 5.39. The lowest BCUT2D eigenvalue weighted by Gasteiger charge is -2.15. The third kappa shape index (κ3) is 4.95. The highest BCUT2D eigenvalue weighted by molar-refractivity contribution is 7.91. The van der Waals surface area contributed by atoms with Gasteiger partial charge in [-0.25, -0.2) is 21.6 Å². The van der Waals surface area contributed by atoms with Gasteiger partial charge < -0.3 is 10.5 Å². The monoisotopic (exact) mass is 336 g/mol. The van der Waals surface area contributed by atoms with Crippen molar-refractivity contribution in [1.29, 1.82) is 0 Å². The van der Waals surface area contributed by atoms with Gasteiger partial charge in [-0.2, -0.15) is 0 Å². The number of hydrogen-bond acceptors (Lipinski definition) is 6. The van der Waals surface area contributed by atoms with Crippen LogP contribution in [0.2, 0.25) is 0 Å². The highest BCUT2D eigenvalue weighted by Crippen LogP contribution is 2.22. The van der Waals surface area contributed by atoms with Crippen LogP contribution in [0, 0.1) is 0 Å². The largest absolute Gasteiger partial charge is 0.398 e. The standard InChI is InChI=1S/C12H20N2O5S2/c1-4-19-8-9(2)14-21(17,18)12-7-10(20(3,15)16)5-6-11(12)13/h5-7,9,14H,4,8,13H2,1-3H3. The Morgan fingerprint density at radius 1 is 1.29 bits per heavy atom. The average molecular weight is 336 g/mol. The molecule has 0 saturated carbocycles. The molecular weight excluding hydrogens is 316 g/mol. The summed E-state index contributed by atoms with van der Waals surface area (Å²) in [6, 6.07) is 3.13. The molecule has 1 rings (SSSR count). The zero-order valence-corrected chi connectivity index (χ0v) is 13.8. The number of rotatable bonds is 7. The molecule has 0 spiro atoms. The van der Waals surface area contributed by atoms with Gasteiger partial charge in [-0.15, -0.1) is 0 Å². The summed E-state index contributed by atoms with van der Waals surface area (Å²) in [5.41, 5.74) is 5.63. The number of anilines is 1. The first kappa shape index (κ1) is 17.9. The van der Waals surface area contributed by atoms with E-state index in [-0.39, 0.29) is 22.1 Å². The molecule has 0 aliphatic heterocycles. The third-order valence-electron chi connectivity index (χ3n) is 2.63. The number of nitrogen functional groups attached to an aromatic ring is 1. The van der Waals surface area contributed by atoms with Gasteiger partial charge in [-0.1, -0.05) is 0 Å².